The second kappa shape index (κ2) is 7.00. The predicted octanol–water partition coefficient (Wildman–Crippen LogP) is 1.78. The quantitative estimate of drug-likeness (QED) is 0.833. The number of thiocarbonyl (C=S) groups is 1. The summed E-state index contributed by atoms with van der Waals surface area (Å²) in [5.74, 6) is 0.0315. The Bertz CT molecular complexity index is 536. The number of hydrogen-bond donors (Lipinski definition) is 2. The second-order valence-electron chi connectivity index (χ2n) is 5.74. The summed E-state index contributed by atoms with van der Waals surface area (Å²) in [5.41, 5.74) is 8.55. The van der Waals surface area contributed by atoms with Crippen LogP contribution in [-0.2, 0) is 0 Å². The van der Waals surface area contributed by atoms with Crippen LogP contribution in [0.25, 0.3) is 0 Å². The van der Waals surface area contributed by atoms with Crippen molar-refractivity contribution in [3.8, 4) is 0 Å². The molecule has 21 heavy (non-hydrogen) atoms. The number of benzene rings is 1. The Hall–Kier alpha value is -1.46. The molecule has 1 amide bonds. The van der Waals surface area contributed by atoms with Crippen molar-refractivity contribution in [2.45, 2.75) is 32.7 Å². The zero-order chi connectivity index (χ0) is 15.4. The van der Waals surface area contributed by atoms with Crippen molar-refractivity contribution in [2.75, 3.05) is 19.6 Å². The molecule has 1 aromatic carbocycles. The summed E-state index contributed by atoms with van der Waals surface area (Å²) >= 11 is 4.93. The number of hydrogen-bond acceptors (Lipinski definition) is 3. The lowest BCUT2D eigenvalue weighted by atomic mass is 10.0. The van der Waals surface area contributed by atoms with E-state index in [0.29, 0.717) is 11.5 Å². The van der Waals surface area contributed by atoms with Crippen molar-refractivity contribution in [2.24, 2.45) is 5.73 Å². The van der Waals surface area contributed by atoms with Crippen LogP contribution in [0.4, 0.5) is 0 Å². The highest BCUT2D eigenvalue weighted by molar-refractivity contribution is 7.80. The number of likely N-dealkylation sites (tertiary alicyclic amines) is 1. The fourth-order valence-corrected chi connectivity index (χ4v) is 2.90. The van der Waals surface area contributed by atoms with Gasteiger partial charge in [0.1, 0.15) is 0 Å². The maximum absolute atomic E-state index is 12.4. The highest BCUT2D eigenvalue weighted by Crippen LogP contribution is 2.15. The van der Waals surface area contributed by atoms with E-state index in [0.717, 1.165) is 42.6 Å². The molecule has 2 rings (SSSR count). The van der Waals surface area contributed by atoms with Gasteiger partial charge in [-0.25, -0.2) is 0 Å². The first-order valence-corrected chi connectivity index (χ1v) is 7.76. The highest BCUT2D eigenvalue weighted by Gasteiger charge is 2.22. The number of aryl methyl sites for hydroxylation is 1. The van der Waals surface area contributed by atoms with E-state index in [1.807, 2.05) is 32.0 Å². The van der Waals surface area contributed by atoms with Gasteiger partial charge in [-0.1, -0.05) is 24.4 Å². The second-order valence-corrected chi connectivity index (χ2v) is 6.26. The zero-order valence-corrected chi connectivity index (χ0v) is 13.5. The van der Waals surface area contributed by atoms with E-state index in [9.17, 15) is 4.79 Å². The molecule has 0 aliphatic carbocycles. The first-order chi connectivity index (χ1) is 9.97. The molecule has 1 fully saturated rings. The lowest BCUT2D eigenvalue weighted by Crippen LogP contribution is -2.46. The maximum Gasteiger partial charge on any atom is 0.251 e. The van der Waals surface area contributed by atoms with Crippen molar-refractivity contribution in [1.82, 2.24) is 10.2 Å². The largest absolute Gasteiger partial charge is 0.392 e. The van der Waals surface area contributed by atoms with Crippen LogP contribution < -0.4 is 11.1 Å². The zero-order valence-electron chi connectivity index (χ0n) is 12.7. The molecule has 3 N–H and O–H groups in total. The van der Waals surface area contributed by atoms with E-state index in [1.165, 1.54) is 0 Å². The van der Waals surface area contributed by atoms with Gasteiger partial charge in [0.15, 0.2) is 0 Å². The van der Waals surface area contributed by atoms with E-state index >= 15 is 0 Å². The molecule has 0 spiro atoms. The number of nitrogens with one attached hydrogen (secondary N) is 1. The molecule has 0 aromatic heterocycles. The molecule has 4 nitrogen and oxygen atoms in total. The highest BCUT2D eigenvalue weighted by atomic mass is 32.1. The Morgan fingerprint density at radius 1 is 1.38 bits per heavy atom. The van der Waals surface area contributed by atoms with Crippen LogP contribution in [0.2, 0.25) is 0 Å². The molecule has 0 saturated carbocycles. The Kier molecular flexibility index (Phi) is 5.31. The molecule has 114 valence electrons. The third kappa shape index (κ3) is 4.25. The lowest BCUT2D eigenvalue weighted by molar-refractivity contribution is 0.0914. The Morgan fingerprint density at radius 3 is 2.67 bits per heavy atom. The molecule has 0 bridgehead atoms. The van der Waals surface area contributed by atoms with Crippen LogP contribution in [-0.4, -0.2) is 41.5 Å². The molecule has 0 atom stereocenters. The Morgan fingerprint density at radius 2 is 2.05 bits per heavy atom. The van der Waals surface area contributed by atoms with Gasteiger partial charge in [-0.3, -0.25) is 9.69 Å². The van der Waals surface area contributed by atoms with Gasteiger partial charge in [0.05, 0.1) is 4.99 Å². The van der Waals surface area contributed by atoms with Gasteiger partial charge in [0.2, 0.25) is 0 Å². The summed E-state index contributed by atoms with van der Waals surface area (Å²) in [4.78, 5) is 15.2. The fourth-order valence-electron chi connectivity index (χ4n) is 2.72. The maximum atomic E-state index is 12.4. The van der Waals surface area contributed by atoms with Gasteiger partial charge in [0.25, 0.3) is 5.91 Å². The van der Waals surface area contributed by atoms with Crippen LogP contribution in [0.3, 0.4) is 0 Å². The van der Waals surface area contributed by atoms with E-state index in [1.54, 1.807) is 0 Å². The van der Waals surface area contributed by atoms with Gasteiger partial charge in [-0.15, -0.1) is 0 Å². The normalized spacial score (nSPS) is 16.7. The third-order valence-corrected chi connectivity index (χ3v) is 4.28. The number of carbonyl (C=O) groups is 1. The van der Waals surface area contributed by atoms with Gasteiger partial charge in [-0.2, -0.15) is 0 Å². The number of nitrogens with zero attached hydrogens (tertiary/aromatic N) is 1. The number of carbonyl (C=O) groups excluding carboxylic acids is 1. The predicted molar refractivity (Wildman–Crippen MR) is 89.6 cm³/mol. The Labute approximate surface area is 131 Å². The van der Waals surface area contributed by atoms with Gasteiger partial charge in [-0.05, 0) is 43.9 Å². The average molecular weight is 305 g/mol. The van der Waals surface area contributed by atoms with Crippen molar-refractivity contribution < 1.29 is 4.79 Å². The topological polar surface area (TPSA) is 58.4 Å². The minimum atomic E-state index is 0.0315. The summed E-state index contributed by atoms with van der Waals surface area (Å²) in [5, 5.41) is 3.15. The average Bonchev–Trinajstić information content (AvgIpc) is 2.43. The summed E-state index contributed by atoms with van der Waals surface area (Å²) in [6.45, 7) is 6.55. The summed E-state index contributed by atoms with van der Waals surface area (Å²) < 4.78 is 0. The number of piperidine rings is 1. The van der Waals surface area contributed by atoms with Crippen molar-refractivity contribution >= 4 is 23.1 Å². The standard InChI is InChI=1S/C16H23N3OS/c1-11-4-3-5-14(12(11)2)16(20)18-13-6-8-19(9-7-13)10-15(17)21/h3-5,13H,6-10H2,1-2H3,(H2,17,21)(H,18,20). The molecular weight excluding hydrogens is 282 g/mol. The van der Waals surface area contributed by atoms with E-state index in [2.05, 4.69) is 10.2 Å². The van der Waals surface area contributed by atoms with Crippen LogP contribution in [0.15, 0.2) is 18.2 Å². The van der Waals surface area contributed by atoms with Crippen molar-refractivity contribution in [3.63, 3.8) is 0 Å². The fraction of sp³-hybridized carbons (Fsp3) is 0.500. The van der Waals surface area contributed by atoms with Crippen LogP contribution in [0.1, 0.15) is 34.3 Å². The first kappa shape index (κ1) is 15.9. The van der Waals surface area contributed by atoms with Crippen LogP contribution in [0.5, 0.6) is 0 Å². The first-order valence-electron chi connectivity index (χ1n) is 7.35. The molecule has 1 aliphatic rings. The molecule has 1 aliphatic heterocycles. The van der Waals surface area contributed by atoms with Gasteiger partial charge >= 0.3 is 0 Å². The lowest BCUT2D eigenvalue weighted by Gasteiger charge is -2.32. The van der Waals surface area contributed by atoms with Crippen molar-refractivity contribution in [3.05, 3.63) is 34.9 Å². The van der Waals surface area contributed by atoms with E-state index in [4.69, 9.17) is 18.0 Å². The monoisotopic (exact) mass is 305 g/mol. The molecule has 5 heteroatoms. The molecule has 0 unspecified atom stereocenters. The summed E-state index contributed by atoms with van der Waals surface area (Å²) in [6, 6.07) is 6.09. The summed E-state index contributed by atoms with van der Waals surface area (Å²) in [7, 11) is 0. The number of rotatable bonds is 4. The third-order valence-electron chi connectivity index (χ3n) is 4.15. The molecule has 0 radical (unpaired) electrons. The summed E-state index contributed by atoms with van der Waals surface area (Å²) in [6.07, 6.45) is 1.89. The minimum Gasteiger partial charge on any atom is -0.392 e. The molecular formula is C16H23N3OS. The number of amides is 1. The molecule has 1 heterocycles. The minimum absolute atomic E-state index is 0.0315. The van der Waals surface area contributed by atoms with Gasteiger partial charge in [0, 0.05) is 31.2 Å². The Balaban J connectivity index is 1.90. The SMILES string of the molecule is Cc1cccc(C(=O)NC2CCN(CC(N)=S)CC2)c1C. The van der Waals surface area contributed by atoms with E-state index < -0.39 is 0 Å². The van der Waals surface area contributed by atoms with Crippen molar-refractivity contribution in [1.29, 1.82) is 0 Å². The smallest absolute Gasteiger partial charge is 0.251 e. The van der Waals surface area contributed by atoms with Crippen LogP contribution >= 0.6 is 12.2 Å². The molecule has 1 saturated heterocycles. The van der Waals surface area contributed by atoms with Gasteiger partial charge < -0.3 is 11.1 Å². The molecule has 1 aromatic rings. The van der Waals surface area contributed by atoms with E-state index in [-0.39, 0.29) is 11.9 Å². The number of nitrogens with two attached hydrogens (primary N) is 1. The van der Waals surface area contributed by atoms with Crippen LogP contribution in [0, 0.1) is 13.8 Å².